The number of hydrogen-bond acceptors (Lipinski definition) is 6. The van der Waals surface area contributed by atoms with Crippen LogP contribution in [0.5, 0.6) is 11.5 Å². The molecule has 0 saturated heterocycles. The summed E-state index contributed by atoms with van der Waals surface area (Å²) in [7, 11) is 2.96. The van der Waals surface area contributed by atoms with Gasteiger partial charge in [0.05, 0.1) is 19.7 Å². The first-order valence-electron chi connectivity index (χ1n) is 7.41. The maximum absolute atomic E-state index is 6.34. The molecule has 134 valence electrons. The molecule has 0 fully saturated rings. The van der Waals surface area contributed by atoms with Crippen molar-refractivity contribution in [2.45, 2.75) is 0 Å². The quantitative estimate of drug-likeness (QED) is 0.519. The van der Waals surface area contributed by atoms with Gasteiger partial charge in [0.1, 0.15) is 45.2 Å². The minimum Gasteiger partial charge on any atom is -0.495 e. The third-order valence-electron chi connectivity index (χ3n) is 3.75. The van der Waals surface area contributed by atoms with Crippen LogP contribution in [0.4, 0.5) is 11.5 Å². The van der Waals surface area contributed by atoms with Crippen molar-refractivity contribution < 1.29 is 9.47 Å². The Kier molecular flexibility index (Phi) is 5.01. The average Bonchev–Trinajstić information content (AvgIpc) is 2.65. The van der Waals surface area contributed by atoms with Crippen molar-refractivity contribution in [3.63, 3.8) is 0 Å². The molecule has 0 radical (unpaired) electrons. The highest BCUT2D eigenvalue weighted by Gasteiger charge is 2.18. The molecule has 0 unspecified atom stereocenters. The van der Waals surface area contributed by atoms with Crippen LogP contribution in [0, 0.1) is 0 Å². The molecule has 26 heavy (non-hydrogen) atoms. The molecule has 0 aliphatic heterocycles. The molecule has 3 aromatic rings. The Bertz CT molecular complexity index is 995. The number of aromatic nitrogens is 2. The van der Waals surface area contributed by atoms with Gasteiger partial charge in [0.2, 0.25) is 0 Å². The second kappa shape index (κ2) is 7.23. The van der Waals surface area contributed by atoms with E-state index in [1.54, 1.807) is 24.3 Å². The number of nitrogen functional groups attached to an aromatic ring is 1. The lowest BCUT2D eigenvalue weighted by Crippen LogP contribution is -2.14. The maximum atomic E-state index is 6.34. The zero-order chi connectivity index (χ0) is 18.8. The predicted molar refractivity (Wildman–Crippen MR) is 104 cm³/mol. The van der Waals surface area contributed by atoms with E-state index >= 15 is 0 Å². The average molecular weight is 392 g/mol. The lowest BCUT2D eigenvalue weighted by molar-refractivity contribution is 0.395. The zero-order valence-electron chi connectivity index (χ0n) is 14.0. The van der Waals surface area contributed by atoms with Gasteiger partial charge in [0.25, 0.3) is 0 Å². The standard InChI is InChI=1S/C17H15Cl2N5O2/c1-25-10-6-11(26-2)13(19)15(12(10)18)24-17(21)9-5-3-4-8-14(9)22-7-23-16(8)20/h3-7H,1-2H3,(H2,21,24)(H2,20,22,23). The van der Waals surface area contributed by atoms with E-state index in [2.05, 4.69) is 15.0 Å². The van der Waals surface area contributed by atoms with Gasteiger partial charge in [-0.25, -0.2) is 15.0 Å². The summed E-state index contributed by atoms with van der Waals surface area (Å²) in [6.07, 6.45) is 1.36. The van der Waals surface area contributed by atoms with Crippen molar-refractivity contribution in [2.24, 2.45) is 10.7 Å². The second-order valence-corrected chi connectivity index (χ2v) is 5.97. The van der Waals surface area contributed by atoms with E-state index < -0.39 is 0 Å². The highest BCUT2D eigenvalue weighted by molar-refractivity contribution is 6.41. The molecule has 0 aliphatic rings. The van der Waals surface area contributed by atoms with Gasteiger partial charge in [-0.2, -0.15) is 0 Å². The van der Waals surface area contributed by atoms with Crippen LogP contribution in [-0.4, -0.2) is 30.0 Å². The fourth-order valence-electron chi connectivity index (χ4n) is 2.47. The van der Waals surface area contributed by atoms with E-state index in [4.69, 9.17) is 44.1 Å². The van der Waals surface area contributed by atoms with Gasteiger partial charge in [-0.05, 0) is 12.1 Å². The molecule has 4 N–H and O–H groups in total. The largest absolute Gasteiger partial charge is 0.495 e. The Morgan fingerprint density at radius 1 is 1.08 bits per heavy atom. The van der Waals surface area contributed by atoms with Crippen LogP contribution < -0.4 is 20.9 Å². The van der Waals surface area contributed by atoms with Crippen molar-refractivity contribution in [3.05, 3.63) is 46.2 Å². The molecule has 0 atom stereocenters. The Hall–Kier alpha value is -2.77. The Morgan fingerprint density at radius 2 is 1.73 bits per heavy atom. The number of hydrogen-bond donors (Lipinski definition) is 2. The van der Waals surface area contributed by atoms with E-state index in [9.17, 15) is 0 Å². The molecule has 1 aromatic heterocycles. The van der Waals surface area contributed by atoms with Crippen LogP contribution in [0.15, 0.2) is 35.6 Å². The normalized spacial score (nSPS) is 11.6. The molecule has 0 aliphatic carbocycles. The summed E-state index contributed by atoms with van der Waals surface area (Å²) >= 11 is 12.7. The molecular formula is C17H15Cl2N5O2. The van der Waals surface area contributed by atoms with Crippen LogP contribution in [0.1, 0.15) is 5.56 Å². The minimum absolute atomic E-state index is 0.160. The number of anilines is 1. The number of ether oxygens (including phenoxy) is 2. The summed E-state index contributed by atoms with van der Waals surface area (Å²) in [5, 5.41) is 1.11. The first-order chi connectivity index (χ1) is 12.5. The summed E-state index contributed by atoms with van der Waals surface area (Å²) in [4.78, 5) is 12.6. The number of aliphatic imine (C=N–C) groups is 1. The molecule has 0 saturated carbocycles. The van der Waals surface area contributed by atoms with Crippen LogP contribution >= 0.6 is 23.2 Å². The number of para-hydroxylation sites is 1. The number of nitrogens with zero attached hydrogens (tertiary/aromatic N) is 3. The SMILES string of the molecule is COc1cc(OC)c(Cl)c(N=C(N)c2cccc3c(N)ncnc23)c1Cl. The monoisotopic (exact) mass is 391 g/mol. The smallest absolute Gasteiger partial charge is 0.143 e. The maximum Gasteiger partial charge on any atom is 0.143 e. The molecule has 2 aromatic carbocycles. The summed E-state index contributed by atoms with van der Waals surface area (Å²) in [6, 6.07) is 6.93. The van der Waals surface area contributed by atoms with Crippen molar-refractivity contribution in [2.75, 3.05) is 20.0 Å². The molecule has 0 amide bonds. The van der Waals surface area contributed by atoms with Gasteiger partial charge in [-0.1, -0.05) is 29.3 Å². The summed E-state index contributed by atoms with van der Waals surface area (Å²) in [5.41, 5.74) is 13.5. The van der Waals surface area contributed by atoms with E-state index in [1.807, 2.05) is 0 Å². The van der Waals surface area contributed by atoms with Crippen molar-refractivity contribution in [3.8, 4) is 11.5 Å². The number of fused-ring (bicyclic) bond motifs is 1. The van der Waals surface area contributed by atoms with Crippen molar-refractivity contribution in [1.82, 2.24) is 9.97 Å². The number of benzene rings is 2. The molecular weight excluding hydrogens is 377 g/mol. The number of nitrogens with two attached hydrogens (primary N) is 2. The highest BCUT2D eigenvalue weighted by Crippen LogP contribution is 2.45. The number of methoxy groups -OCH3 is 2. The fourth-order valence-corrected chi connectivity index (χ4v) is 3.05. The van der Waals surface area contributed by atoms with Crippen LogP contribution in [0.3, 0.4) is 0 Å². The third-order valence-corrected chi connectivity index (χ3v) is 4.48. The Labute approximate surface area is 159 Å². The zero-order valence-corrected chi connectivity index (χ0v) is 15.5. The Balaban J connectivity index is 2.22. The molecule has 0 spiro atoms. The van der Waals surface area contributed by atoms with Crippen molar-refractivity contribution >= 4 is 51.4 Å². The van der Waals surface area contributed by atoms with E-state index in [1.165, 1.54) is 20.5 Å². The summed E-state index contributed by atoms with van der Waals surface area (Å²) in [5.74, 6) is 1.24. The first-order valence-corrected chi connectivity index (χ1v) is 8.17. The summed E-state index contributed by atoms with van der Waals surface area (Å²) < 4.78 is 10.5. The lowest BCUT2D eigenvalue weighted by Gasteiger charge is -2.13. The third kappa shape index (κ3) is 3.07. The van der Waals surface area contributed by atoms with Crippen molar-refractivity contribution in [1.29, 1.82) is 0 Å². The van der Waals surface area contributed by atoms with Gasteiger partial charge >= 0.3 is 0 Å². The Morgan fingerprint density at radius 3 is 2.35 bits per heavy atom. The lowest BCUT2D eigenvalue weighted by atomic mass is 10.1. The van der Waals surface area contributed by atoms with Gasteiger partial charge in [0, 0.05) is 17.0 Å². The number of amidine groups is 1. The van der Waals surface area contributed by atoms with E-state index in [-0.39, 0.29) is 21.6 Å². The first kappa shape index (κ1) is 18.0. The molecule has 0 bridgehead atoms. The van der Waals surface area contributed by atoms with Gasteiger partial charge < -0.3 is 20.9 Å². The fraction of sp³-hybridized carbons (Fsp3) is 0.118. The molecule has 9 heteroatoms. The predicted octanol–water partition coefficient (Wildman–Crippen LogP) is 3.57. The highest BCUT2D eigenvalue weighted by atomic mass is 35.5. The molecule has 7 nitrogen and oxygen atoms in total. The van der Waals surface area contributed by atoms with Gasteiger partial charge in [-0.15, -0.1) is 0 Å². The van der Waals surface area contributed by atoms with E-state index in [0.717, 1.165) is 0 Å². The minimum atomic E-state index is 0.160. The van der Waals surface area contributed by atoms with Crippen LogP contribution in [-0.2, 0) is 0 Å². The topological polar surface area (TPSA) is 109 Å². The van der Waals surface area contributed by atoms with Crippen LogP contribution in [0.25, 0.3) is 10.9 Å². The van der Waals surface area contributed by atoms with E-state index in [0.29, 0.717) is 33.8 Å². The van der Waals surface area contributed by atoms with Gasteiger partial charge in [0.15, 0.2) is 0 Å². The van der Waals surface area contributed by atoms with Crippen LogP contribution in [0.2, 0.25) is 10.0 Å². The summed E-state index contributed by atoms with van der Waals surface area (Å²) in [6.45, 7) is 0. The number of halogens is 2. The number of rotatable bonds is 4. The molecule has 3 rings (SSSR count). The van der Waals surface area contributed by atoms with Gasteiger partial charge in [-0.3, -0.25) is 0 Å². The second-order valence-electron chi connectivity index (χ2n) is 5.22. The molecule has 1 heterocycles.